The highest BCUT2D eigenvalue weighted by Gasteiger charge is 2.00. The Kier molecular flexibility index (Phi) is 11.5. The first kappa shape index (κ1) is 15.2. The maximum atomic E-state index is 10.5. The predicted octanol–water partition coefficient (Wildman–Crippen LogP) is 3.80. The molecule has 0 aliphatic rings. The highest BCUT2D eigenvalue weighted by molar-refractivity contribution is 7.80. The van der Waals surface area contributed by atoms with Crippen molar-refractivity contribution < 1.29 is 4.79 Å². The molecular weight excluding hydrogens is 180 g/mol. The number of rotatable bonds is 4. The zero-order chi connectivity index (χ0) is 10.9. The van der Waals surface area contributed by atoms with Crippen LogP contribution in [0.1, 0.15) is 53.9 Å². The summed E-state index contributed by atoms with van der Waals surface area (Å²) in [5, 5.41) is 0. The molecule has 0 rings (SSSR count). The van der Waals surface area contributed by atoms with E-state index in [9.17, 15) is 4.79 Å². The van der Waals surface area contributed by atoms with Gasteiger partial charge >= 0.3 is 0 Å². The fourth-order valence-corrected chi connectivity index (χ4v) is 0.658. The minimum absolute atomic E-state index is 0.227. The maximum Gasteiger partial charge on any atom is 0.135 e. The van der Waals surface area contributed by atoms with Crippen molar-refractivity contribution in [1.29, 1.82) is 0 Å². The number of ketones is 1. The highest BCUT2D eigenvalue weighted by Crippen LogP contribution is 1.95. The van der Waals surface area contributed by atoms with E-state index in [2.05, 4.69) is 13.8 Å². The van der Waals surface area contributed by atoms with Crippen LogP contribution in [0.5, 0.6) is 0 Å². The molecule has 0 aromatic carbocycles. The fourth-order valence-electron chi connectivity index (χ4n) is 0.658. The van der Waals surface area contributed by atoms with Gasteiger partial charge in [-0.25, -0.2) is 0 Å². The summed E-state index contributed by atoms with van der Waals surface area (Å²) in [6, 6.07) is 0. The second kappa shape index (κ2) is 9.85. The molecule has 0 unspecified atom stereocenters. The SMILES string of the molecule is CCC(=O)C(C)C.CCC(=S)CC. The van der Waals surface area contributed by atoms with E-state index < -0.39 is 0 Å². The fraction of sp³-hybridized carbons (Fsp3) is 0.818. The third-order valence-corrected chi connectivity index (χ3v) is 2.36. The van der Waals surface area contributed by atoms with Crippen molar-refractivity contribution in [2.24, 2.45) is 5.92 Å². The molecule has 13 heavy (non-hydrogen) atoms. The van der Waals surface area contributed by atoms with Crippen LogP contribution in [-0.4, -0.2) is 10.6 Å². The van der Waals surface area contributed by atoms with Gasteiger partial charge in [0.05, 0.1) is 0 Å². The second-order valence-electron chi connectivity index (χ2n) is 3.22. The van der Waals surface area contributed by atoms with Gasteiger partial charge in [0, 0.05) is 12.3 Å². The lowest BCUT2D eigenvalue weighted by molar-refractivity contribution is -0.121. The van der Waals surface area contributed by atoms with Crippen LogP contribution in [0, 0.1) is 5.92 Å². The molecule has 0 aliphatic heterocycles. The maximum absolute atomic E-state index is 10.5. The molecule has 0 saturated heterocycles. The predicted molar refractivity (Wildman–Crippen MR) is 63.3 cm³/mol. The first-order chi connectivity index (χ1) is 5.99. The molecule has 1 nitrogen and oxygen atoms in total. The minimum Gasteiger partial charge on any atom is -0.299 e. The van der Waals surface area contributed by atoms with E-state index in [1.54, 1.807) is 0 Å². The van der Waals surface area contributed by atoms with Crippen molar-refractivity contribution >= 4 is 22.9 Å². The lowest BCUT2D eigenvalue weighted by Gasteiger charge is -1.96. The van der Waals surface area contributed by atoms with Gasteiger partial charge in [0.1, 0.15) is 5.78 Å². The van der Waals surface area contributed by atoms with Crippen LogP contribution in [-0.2, 0) is 4.79 Å². The van der Waals surface area contributed by atoms with Crippen LogP contribution in [0.3, 0.4) is 0 Å². The molecule has 0 fully saturated rings. The number of carbonyl (C=O) groups is 1. The summed E-state index contributed by atoms with van der Waals surface area (Å²) in [7, 11) is 0. The van der Waals surface area contributed by atoms with Gasteiger partial charge in [0.2, 0.25) is 0 Å². The molecular formula is C11H22OS. The first-order valence-electron chi connectivity index (χ1n) is 5.03. The van der Waals surface area contributed by atoms with Crippen molar-refractivity contribution in [3.8, 4) is 0 Å². The van der Waals surface area contributed by atoms with E-state index in [1.807, 2.05) is 20.8 Å². The van der Waals surface area contributed by atoms with Crippen molar-refractivity contribution in [2.45, 2.75) is 53.9 Å². The average molecular weight is 202 g/mol. The summed E-state index contributed by atoms with van der Waals surface area (Å²) in [6.45, 7) is 9.91. The lowest BCUT2D eigenvalue weighted by atomic mass is 10.1. The molecule has 0 bridgehead atoms. The zero-order valence-electron chi connectivity index (χ0n) is 9.52. The van der Waals surface area contributed by atoms with Gasteiger partial charge in [-0.05, 0) is 17.7 Å². The van der Waals surface area contributed by atoms with Gasteiger partial charge in [-0.2, -0.15) is 0 Å². The molecule has 0 N–H and O–H groups in total. The number of Topliss-reactive ketones (excluding diaryl/α,β-unsaturated/α-hetero) is 1. The van der Waals surface area contributed by atoms with Crippen LogP contribution in [0.4, 0.5) is 0 Å². The molecule has 0 spiro atoms. The van der Waals surface area contributed by atoms with Gasteiger partial charge in [0.15, 0.2) is 0 Å². The molecule has 0 radical (unpaired) electrons. The number of carbonyl (C=O) groups excluding carboxylic acids is 1. The highest BCUT2D eigenvalue weighted by atomic mass is 32.1. The third-order valence-electron chi connectivity index (χ3n) is 1.78. The van der Waals surface area contributed by atoms with Crippen LogP contribution in [0.25, 0.3) is 0 Å². The molecule has 0 aromatic rings. The van der Waals surface area contributed by atoms with E-state index in [4.69, 9.17) is 12.2 Å². The number of hydrogen-bond donors (Lipinski definition) is 0. The zero-order valence-corrected chi connectivity index (χ0v) is 10.3. The van der Waals surface area contributed by atoms with Gasteiger partial charge < -0.3 is 0 Å². The summed E-state index contributed by atoms with van der Waals surface area (Å²) in [5.74, 6) is 0.574. The van der Waals surface area contributed by atoms with Crippen molar-refractivity contribution in [1.82, 2.24) is 0 Å². The summed E-state index contributed by atoms with van der Waals surface area (Å²) < 4.78 is 0. The molecule has 0 aromatic heterocycles. The van der Waals surface area contributed by atoms with E-state index in [0.717, 1.165) is 12.8 Å². The first-order valence-corrected chi connectivity index (χ1v) is 5.44. The summed E-state index contributed by atoms with van der Waals surface area (Å²) in [6.07, 6.45) is 2.80. The Labute approximate surface area is 87.9 Å². The largest absolute Gasteiger partial charge is 0.299 e. The molecule has 0 heterocycles. The molecule has 2 heteroatoms. The van der Waals surface area contributed by atoms with Crippen molar-refractivity contribution in [3.63, 3.8) is 0 Å². The summed E-state index contributed by atoms with van der Waals surface area (Å²) in [5.41, 5.74) is 0. The standard InChI is InChI=1S/C6H12O.C5H10S/c1-4-6(7)5(2)3;1-3-5(6)4-2/h5H,4H2,1-3H3;3-4H2,1-2H3. The monoisotopic (exact) mass is 202 g/mol. The lowest BCUT2D eigenvalue weighted by Crippen LogP contribution is -2.03. The van der Waals surface area contributed by atoms with E-state index in [-0.39, 0.29) is 5.92 Å². The Balaban J connectivity index is 0. The van der Waals surface area contributed by atoms with Crippen LogP contribution >= 0.6 is 12.2 Å². The Morgan fingerprint density at radius 2 is 1.46 bits per heavy atom. The Morgan fingerprint density at radius 1 is 1.08 bits per heavy atom. The van der Waals surface area contributed by atoms with Gasteiger partial charge in [-0.1, -0.05) is 46.8 Å². The van der Waals surface area contributed by atoms with Gasteiger partial charge in [-0.15, -0.1) is 0 Å². The molecule has 0 aliphatic carbocycles. The summed E-state index contributed by atoms with van der Waals surface area (Å²) >= 11 is 4.86. The van der Waals surface area contributed by atoms with Gasteiger partial charge in [-0.3, -0.25) is 4.79 Å². The Morgan fingerprint density at radius 3 is 1.46 bits per heavy atom. The normalized spacial score (nSPS) is 9.08. The third kappa shape index (κ3) is 11.8. The Hall–Kier alpha value is -0.240. The summed E-state index contributed by atoms with van der Waals surface area (Å²) in [4.78, 5) is 11.7. The number of thiocarbonyl (C=S) groups is 1. The quantitative estimate of drug-likeness (QED) is 0.645. The van der Waals surface area contributed by atoms with Crippen molar-refractivity contribution in [2.75, 3.05) is 0 Å². The molecule has 0 saturated carbocycles. The van der Waals surface area contributed by atoms with Gasteiger partial charge in [0.25, 0.3) is 0 Å². The molecule has 0 atom stereocenters. The van der Waals surface area contributed by atoms with Crippen LogP contribution in [0.2, 0.25) is 0 Å². The van der Waals surface area contributed by atoms with Crippen molar-refractivity contribution in [3.05, 3.63) is 0 Å². The topological polar surface area (TPSA) is 17.1 Å². The Bertz CT molecular complexity index is 144. The average Bonchev–Trinajstić information content (AvgIpc) is 2.16. The van der Waals surface area contributed by atoms with Crippen LogP contribution in [0.15, 0.2) is 0 Å². The molecule has 0 amide bonds. The van der Waals surface area contributed by atoms with Crippen LogP contribution < -0.4 is 0 Å². The number of hydrogen-bond acceptors (Lipinski definition) is 2. The van der Waals surface area contributed by atoms with E-state index in [0.29, 0.717) is 12.2 Å². The molecule has 78 valence electrons. The smallest absolute Gasteiger partial charge is 0.135 e. The van der Waals surface area contributed by atoms with E-state index >= 15 is 0 Å². The second-order valence-corrected chi connectivity index (χ2v) is 3.80. The minimum atomic E-state index is 0.227. The van der Waals surface area contributed by atoms with E-state index in [1.165, 1.54) is 4.86 Å².